The Morgan fingerprint density at radius 1 is 0.939 bits per heavy atom. The van der Waals surface area contributed by atoms with Crippen LogP contribution >= 0.6 is 0 Å². The predicted octanol–water partition coefficient (Wildman–Crippen LogP) is 3.40. The summed E-state index contributed by atoms with van der Waals surface area (Å²) < 4.78 is 26.1. The number of amides is 2. The highest BCUT2D eigenvalue weighted by atomic mass is 32.2. The van der Waals surface area contributed by atoms with E-state index < -0.39 is 28.5 Å². The minimum Gasteiger partial charge on any atom is -0.352 e. The van der Waals surface area contributed by atoms with Crippen molar-refractivity contribution in [2.24, 2.45) is 0 Å². The molecule has 7 nitrogen and oxygen atoms in total. The topological polar surface area (TPSA) is 86.8 Å². The van der Waals surface area contributed by atoms with Crippen LogP contribution < -0.4 is 9.62 Å². The molecule has 0 aliphatic carbocycles. The molecule has 0 bridgehead atoms. The van der Waals surface area contributed by atoms with E-state index >= 15 is 0 Å². The van der Waals surface area contributed by atoms with Gasteiger partial charge in [0.05, 0.1) is 11.9 Å². The fraction of sp³-hybridized carbons (Fsp3) is 0.440. The lowest BCUT2D eigenvalue weighted by Gasteiger charge is -2.32. The SMILES string of the molecule is CCC(C)NC(=O)C(C)N(Cc1ccc(C)cc1)C(=O)CN(c1ccc(C)cc1)S(C)(=O)=O. The second-order valence-corrected chi connectivity index (χ2v) is 10.5. The van der Waals surface area contributed by atoms with Crippen molar-refractivity contribution >= 4 is 27.5 Å². The first-order valence-corrected chi connectivity index (χ1v) is 13.0. The van der Waals surface area contributed by atoms with Crippen LogP contribution in [0.15, 0.2) is 48.5 Å². The Balaban J connectivity index is 2.36. The molecule has 0 heterocycles. The average molecular weight is 474 g/mol. The Kier molecular flexibility index (Phi) is 9.05. The van der Waals surface area contributed by atoms with Crippen molar-refractivity contribution in [1.82, 2.24) is 10.2 Å². The van der Waals surface area contributed by atoms with Gasteiger partial charge < -0.3 is 10.2 Å². The van der Waals surface area contributed by atoms with Crippen LogP contribution in [0.2, 0.25) is 0 Å². The molecule has 0 fully saturated rings. The minimum atomic E-state index is -3.72. The molecule has 2 unspecified atom stereocenters. The van der Waals surface area contributed by atoms with Crippen molar-refractivity contribution in [3.05, 3.63) is 65.2 Å². The zero-order chi connectivity index (χ0) is 24.8. The molecule has 33 heavy (non-hydrogen) atoms. The van der Waals surface area contributed by atoms with Gasteiger partial charge in [-0.2, -0.15) is 0 Å². The van der Waals surface area contributed by atoms with Gasteiger partial charge in [-0.15, -0.1) is 0 Å². The molecule has 0 saturated carbocycles. The summed E-state index contributed by atoms with van der Waals surface area (Å²) >= 11 is 0. The highest BCUT2D eigenvalue weighted by molar-refractivity contribution is 7.92. The van der Waals surface area contributed by atoms with Crippen LogP contribution in [0.1, 0.15) is 43.9 Å². The van der Waals surface area contributed by atoms with E-state index in [0.717, 1.165) is 33.7 Å². The summed E-state index contributed by atoms with van der Waals surface area (Å²) in [5, 5.41) is 2.92. The number of hydrogen-bond acceptors (Lipinski definition) is 4. The summed E-state index contributed by atoms with van der Waals surface area (Å²) in [6.45, 7) is 9.21. The quantitative estimate of drug-likeness (QED) is 0.573. The van der Waals surface area contributed by atoms with Crippen LogP contribution in [0.5, 0.6) is 0 Å². The van der Waals surface area contributed by atoms with E-state index in [9.17, 15) is 18.0 Å². The zero-order valence-corrected chi connectivity index (χ0v) is 21.1. The summed E-state index contributed by atoms with van der Waals surface area (Å²) in [6, 6.07) is 13.8. The number of carbonyl (C=O) groups excluding carboxylic acids is 2. The summed E-state index contributed by atoms with van der Waals surface area (Å²) in [5.74, 6) is -0.723. The first-order chi connectivity index (χ1) is 15.4. The smallest absolute Gasteiger partial charge is 0.244 e. The van der Waals surface area contributed by atoms with Crippen molar-refractivity contribution in [2.45, 2.75) is 59.7 Å². The van der Waals surface area contributed by atoms with Crippen molar-refractivity contribution in [1.29, 1.82) is 0 Å². The molecule has 0 radical (unpaired) electrons. The number of rotatable bonds is 10. The molecule has 2 amide bonds. The number of benzene rings is 2. The van der Waals surface area contributed by atoms with E-state index in [-0.39, 0.29) is 18.5 Å². The van der Waals surface area contributed by atoms with Crippen LogP contribution in [0.4, 0.5) is 5.69 Å². The molecule has 2 aromatic carbocycles. The highest BCUT2D eigenvalue weighted by Crippen LogP contribution is 2.20. The fourth-order valence-electron chi connectivity index (χ4n) is 3.26. The number of hydrogen-bond donors (Lipinski definition) is 1. The van der Waals surface area contributed by atoms with Crippen LogP contribution in [-0.4, -0.2) is 50.0 Å². The van der Waals surface area contributed by atoms with Crippen molar-refractivity contribution in [3.8, 4) is 0 Å². The van der Waals surface area contributed by atoms with Gasteiger partial charge >= 0.3 is 0 Å². The molecular formula is C25H35N3O4S. The van der Waals surface area contributed by atoms with E-state index in [1.807, 2.05) is 52.0 Å². The standard InChI is InChI=1S/C25H35N3O4S/c1-7-20(4)26-25(30)21(5)27(16-22-12-8-18(2)9-13-22)24(29)17-28(33(6,31)32)23-14-10-19(3)11-15-23/h8-15,20-21H,7,16-17H2,1-6H3,(H,26,30). The number of carbonyl (C=O) groups is 2. The maximum Gasteiger partial charge on any atom is 0.244 e. The molecule has 2 aromatic rings. The number of anilines is 1. The normalized spacial score (nSPS) is 13.2. The number of nitrogens with one attached hydrogen (secondary N) is 1. The zero-order valence-electron chi connectivity index (χ0n) is 20.3. The fourth-order valence-corrected chi connectivity index (χ4v) is 4.11. The Labute approximate surface area is 197 Å². The highest BCUT2D eigenvalue weighted by Gasteiger charge is 2.30. The van der Waals surface area contributed by atoms with Crippen molar-refractivity contribution in [2.75, 3.05) is 17.1 Å². The molecule has 0 spiro atoms. The van der Waals surface area contributed by atoms with Crippen LogP contribution in [0.3, 0.4) is 0 Å². The van der Waals surface area contributed by atoms with Crippen LogP contribution in [0.25, 0.3) is 0 Å². The minimum absolute atomic E-state index is 0.0312. The molecule has 1 N–H and O–H groups in total. The molecule has 8 heteroatoms. The van der Waals surface area contributed by atoms with Gasteiger partial charge in [-0.1, -0.05) is 54.4 Å². The second-order valence-electron chi connectivity index (χ2n) is 8.61. The molecule has 180 valence electrons. The lowest BCUT2D eigenvalue weighted by atomic mass is 10.1. The van der Waals surface area contributed by atoms with Crippen molar-refractivity contribution < 1.29 is 18.0 Å². The summed E-state index contributed by atoms with van der Waals surface area (Å²) in [4.78, 5) is 27.7. The van der Waals surface area contributed by atoms with E-state index in [1.165, 1.54) is 4.90 Å². The first kappa shape index (κ1) is 26.4. The molecule has 0 aliphatic rings. The third-order valence-corrected chi connectivity index (χ3v) is 6.78. The van der Waals surface area contributed by atoms with Crippen LogP contribution in [-0.2, 0) is 26.2 Å². The number of nitrogens with zero attached hydrogens (tertiary/aromatic N) is 2. The summed E-state index contributed by atoms with van der Waals surface area (Å²) in [5.41, 5.74) is 3.33. The molecule has 0 aliphatic heterocycles. The molecule has 0 saturated heterocycles. The average Bonchev–Trinajstić information content (AvgIpc) is 2.76. The number of aryl methyl sites for hydroxylation is 2. The van der Waals surface area contributed by atoms with Gasteiger partial charge in [-0.25, -0.2) is 8.42 Å². The molecule has 2 rings (SSSR count). The van der Waals surface area contributed by atoms with Gasteiger partial charge in [0.2, 0.25) is 21.8 Å². The van der Waals surface area contributed by atoms with E-state index in [1.54, 1.807) is 31.2 Å². The predicted molar refractivity (Wildman–Crippen MR) is 132 cm³/mol. The van der Waals surface area contributed by atoms with Gasteiger partial charge in [-0.05, 0) is 51.8 Å². The first-order valence-electron chi connectivity index (χ1n) is 11.1. The van der Waals surface area contributed by atoms with Gasteiger partial charge in [0, 0.05) is 12.6 Å². The number of sulfonamides is 1. The maximum atomic E-state index is 13.5. The Morgan fingerprint density at radius 3 is 1.94 bits per heavy atom. The lowest BCUT2D eigenvalue weighted by Crippen LogP contribution is -2.52. The van der Waals surface area contributed by atoms with Crippen LogP contribution in [0, 0.1) is 13.8 Å². The van der Waals surface area contributed by atoms with E-state index in [4.69, 9.17) is 0 Å². The van der Waals surface area contributed by atoms with E-state index in [0.29, 0.717) is 5.69 Å². The largest absolute Gasteiger partial charge is 0.352 e. The molecule has 0 aromatic heterocycles. The maximum absolute atomic E-state index is 13.5. The second kappa shape index (κ2) is 11.3. The molecule has 2 atom stereocenters. The summed E-state index contributed by atoms with van der Waals surface area (Å²) in [7, 11) is -3.72. The van der Waals surface area contributed by atoms with Gasteiger partial charge in [0.1, 0.15) is 12.6 Å². The van der Waals surface area contributed by atoms with E-state index in [2.05, 4.69) is 5.32 Å². The third kappa shape index (κ3) is 7.60. The van der Waals surface area contributed by atoms with Gasteiger partial charge in [-0.3, -0.25) is 13.9 Å². The Morgan fingerprint density at radius 2 is 1.45 bits per heavy atom. The lowest BCUT2D eigenvalue weighted by molar-refractivity contribution is -0.139. The third-order valence-electron chi connectivity index (χ3n) is 5.64. The Hall–Kier alpha value is -2.87. The van der Waals surface area contributed by atoms with Gasteiger partial charge in [0.15, 0.2) is 0 Å². The Bertz CT molecular complexity index is 1050. The monoisotopic (exact) mass is 473 g/mol. The van der Waals surface area contributed by atoms with Crippen molar-refractivity contribution in [3.63, 3.8) is 0 Å². The summed E-state index contributed by atoms with van der Waals surface area (Å²) in [6.07, 6.45) is 1.84. The molecular weight excluding hydrogens is 438 g/mol. The van der Waals surface area contributed by atoms with Gasteiger partial charge in [0.25, 0.3) is 0 Å².